The van der Waals surface area contributed by atoms with Gasteiger partial charge in [-0.1, -0.05) is 50.3 Å². The number of phenols is 1. The third-order valence-corrected chi connectivity index (χ3v) is 8.81. The number of phenolic OH excluding ortho intramolecular Hbond substituents is 1. The van der Waals surface area contributed by atoms with Crippen LogP contribution in [0.4, 0.5) is 4.39 Å². The Morgan fingerprint density at radius 3 is 2.59 bits per heavy atom. The molecule has 1 heterocycles. The largest absolute Gasteiger partial charge is 0.505 e. The second-order valence-corrected chi connectivity index (χ2v) is 11.3. The monoisotopic (exact) mass is 464 g/mol. The molecule has 5 heteroatoms. The molecule has 2 aliphatic rings. The van der Waals surface area contributed by atoms with Gasteiger partial charge in [-0.3, -0.25) is 0 Å². The van der Waals surface area contributed by atoms with Crippen molar-refractivity contribution in [1.29, 1.82) is 0 Å². The van der Waals surface area contributed by atoms with Gasteiger partial charge >= 0.3 is 0 Å². The summed E-state index contributed by atoms with van der Waals surface area (Å²) in [5.74, 6) is 1.59. The third-order valence-electron chi connectivity index (χ3n) is 7.66. The molecule has 3 rings (SSSR count). The Morgan fingerprint density at radius 1 is 1.12 bits per heavy atom. The zero-order valence-corrected chi connectivity index (χ0v) is 20.9. The lowest BCUT2D eigenvalue weighted by atomic mass is 9.58. The van der Waals surface area contributed by atoms with Crippen molar-refractivity contribution in [3.8, 4) is 5.75 Å². The van der Waals surface area contributed by atoms with E-state index in [9.17, 15) is 14.6 Å². The van der Waals surface area contributed by atoms with E-state index in [4.69, 9.17) is 4.74 Å². The lowest BCUT2D eigenvalue weighted by Gasteiger charge is -2.57. The Hall–Kier alpha value is -1.04. The number of unbranched alkanes of at least 4 members (excludes halogenated alkanes) is 4. The van der Waals surface area contributed by atoms with E-state index in [1.165, 1.54) is 55.6 Å². The molecule has 2 N–H and O–H groups in total. The van der Waals surface area contributed by atoms with Crippen LogP contribution >= 0.6 is 11.8 Å². The van der Waals surface area contributed by atoms with Crippen molar-refractivity contribution in [1.82, 2.24) is 0 Å². The number of aromatic hydroxyl groups is 1. The SMILES string of the molecule is CCCCCCCSCCCC1=CCC2(CO)CC1C(c1ccc(O)c(F)c1)OC2(C)C. The summed E-state index contributed by atoms with van der Waals surface area (Å²) in [5, 5.41) is 19.9. The van der Waals surface area contributed by atoms with Gasteiger partial charge in [0.15, 0.2) is 11.6 Å². The molecule has 32 heavy (non-hydrogen) atoms. The van der Waals surface area contributed by atoms with E-state index in [-0.39, 0.29) is 29.8 Å². The maximum atomic E-state index is 14.1. The van der Waals surface area contributed by atoms with Crippen LogP contribution in [0.25, 0.3) is 0 Å². The molecule has 0 saturated carbocycles. The topological polar surface area (TPSA) is 49.7 Å². The summed E-state index contributed by atoms with van der Waals surface area (Å²) in [7, 11) is 0. The number of ether oxygens (including phenoxy) is 1. The van der Waals surface area contributed by atoms with Crippen LogP contribution in [0.15, 0.2) is 29.8 Å². The molecule has 0 spiro atoms. The second kappa shape index (κ2) is 11.4. The minimum atomic E-state index is -0.612. The second-order valence-electron chi connectivity index (χ2n) is 10.1. The van der Waals surface area contributed by atoms with Gasteiger partial charge in [0, 0.05) is 11.3 Å². The number of aliphatic hydroxyl groups excluding tert-OH is 1. The Kier molecular flexibility index (Phi) is 9.11. The summed E-state index contributed by atoms with van der Waals surface area (Å²) in [6, 6.07) is 4.59. The van der Waals surface area contributed by atoms with Crippen LogP contribution in [0.5, 0.6) is 5.75 Å². The van der Waals surface area contributed by atoms with Gasteiger partial charge in [0.25, 0.3) is 0 Å². The first-order valence-corrected chi connectivity index (χ1v) is 13.5. The van der Waals surface area contributed by atoms with Gasteiger partial charge in [-0.2, -0.15) is 11.8 Å². The molecular weight excluding hydrogens is 423 g/mol. The van der Waals surface area contributed by atoms with Gasteiger partial charge in [0.05, 0.1) is 18.3 Å². The van der Waals surface area contributed by atoms with Gasteiger partial charge in [0.2, 0.25) is 0 Å². The van der Waals surface area contributed by atoms with Crippen molar-refractivity contribution in [2.24, 2.45) is 11.3 Å². The first-order chi connectivity index (χ1) is 15.3. The number of fused-ring (bicyclic) bond motifs is 2. The number of allylic oxidation sites excluding steroid dienone is 1. The minimum Gasteiger partial charge on any atom is -0.505 e. The van der Waals surface area contributed by atoms with Crippen LogP contribution in [0, 0.1) is 17.2 Å². The molecular formula is C27H41FO3S. The Bertz CT molecular complexity index is 778. The van der Waals surface area contributed by atoms with Crippen LogP contribution in [-0.4, -0.2) is 33.9 Å². The minimum absolute atomic E-state index is 0.0881. The van der Waals surface area contributed by atoms with Crippen LogP contribution < -0.4 is 0 Å². The van der Waals surface area contributed by atoms with Crippen LogP contribution in [0.3, 0.4) is 0 Å². The fraction of sp³-hybridized carbons (Fsp3) is 0.704. The quantitative estimate of drug-likeness (QED) is 0.254. The Morgan fingerprint density at radius 2 is 1.88 bits per heavy atom. The average Bonchev–Trinajstić information content (AvgIpc) is 2.78. The molecule has 1 aromatic rings. The molecule has 1 aliphatic carbocycles. The molecule has 0 amide bonds. The zero-order chi connectivity index (χ0) is 23.2. The molecule has 1 saturated heterocycles. The van der Waals surface area contributed by atoms with E-state index >= 15 is 0 Å². The number of hydrogen-bond donors (Lipinski definition) is 2. The van der Waals surface area contributed by atoms with Gasteiger partial charge in [0.1, 0.15) is 0 Å². The van der Waals surface area contributed by atoms with E-state index in [0.717, 1.165) is 37.0 Å². The summed E-state index contributed by atoms with van der Waals surface area (Å²) < 4.78 is 20.7. The normalized spacial score (nSPS) is 26.7. The predicted octanol–water partition coefficient (Wildman–Crippen LogP) is 7.18. The van der Waals surface area contributed by atoms with Crippen molar-refractivity contribution in [2.75, 3.05) is 18.1 Å². The first kappa shape index (κ1) is 25.6. The van der Waals surface area contributed by atoms with E-state index in [1.807, 2.05) is 13.8 Å². The summed E-state index contributed by atoms with van der Waals surface area (Å²) in [5.41, 5.74) is 1.32. The van der Waals surface area contributed by atoms with E-state index < -0.39 is 11.4 Å². The third kappa shape index (κ3) is 5.71. The highest BCUT2D eigenvalue weighted by atomic mass is 32.2. The number of hydrogen-bond acceptors (Lipinski definition) is 4. The van der Waals surface area contributed by atoms with Gasteiger partial charge in [-0.25, -0.2) is 4.39 Å². The molecule has 1 aliphatic heterocycles. The molecule has 1 aromatic carbocycles. The number of aliphatic hydroxyl groups is 1. The molecule has 3 unspecified atom stereocenters. The lowest BCUT2D eigenvalue weighted by Crippen LogP contribution is -2.56. The van der Waals surface area contributed by atoms with Gasteiger partial charge < -0.3 is 14.9 Å². The summed E-state index contributed by atoms with van der Waals surface area (Å²) in [4.78, 5) is 0. The molecule has 0 radical (unpaired) electrons. The standard InChI is InChI=1S/C27H41FO3S/c1-4-5-6-7-8-15-32-16-9-10-20-13-14-27(19-29)18-22(20)25(31-26(27,2)3)21-11-12-24(30)23(28)17-21/h11-13,17,22,25,29-30H,4-10,14-16,18-19H2,1-3H3. The number of rotatable bonds is 12. The van der Waals surface area contributed by atoms with Crippen molar-refractivity contribution in [3.63, 3.8) is 0 Å². The molecule has 2 bridgehead atoms. The summed E-state index contributed by atoms with van der Waals surface area (Å²) in [6.45, 7) is 6.42. The molecule has 3 nitrogen and oxygen atoms in total. The fourth-order valence-electron chi connectivity index (χ4n) is 5.33. The highest BCUT2D eigenvalue weighted by Gasteiger charge is 2.55. The van der Waals surface area contributed by atoms with E-state index in [0.29, 0.717) is 0 Å². The molecule has 3 atom stereocenters. The fourth-order valence-corrected chi connectivity index (χ4v) is 6.29. The highest BCUT2D eigenvalue weighted by Crippen LogP contribution is 2.58. The Balaban J connectivity index is 1.64. The first-order valence-electron chi connectivity index (χ1n) is 12.4. The van der Waals surface area contributed by atoms with E-state index in [2.05, 4.69) is 24.8 Å². The van der Waals surface area contributed by atoms with Crippen molar-refractivity contribution < 1.29 is 19.3 Å². The predicted molar refractivity (Wildman–Crippen MR) is 132 cm³/mol. The van der Waals surface area contributed by atoms with Crippen molar-refractivity contribution in [3.05, 3.63) is 41.2 Å². The van der Waals surface area contributed by atoms with E-state index in [1.54, 1.807) is 6.07 Å². The van der Waals surface area contributed by atoms with Gasteiger partial charge in [-0.05, 0) is 75.2 Å². The number of benzene rings is 1. The molecule has 1 fully saturated rings. The highest BCUT2D eigenvalue weighted by molar-refractivity contribution is 7.99. The smallest absolute Gasteiger partial charge is 0.165 e. The molecule has 0 aromatic heterocycles. The van der Waals surface area contributed by atoms with Crippen molar-refractivity contribution >= 4 is 11.8 Å². The number of halogens is 1. The zero-order valence-electron chi connectivity index (χ0n) is 20.0. The van der Waals surface area contributed by atoms with Crippen molar-refractivity contribution in [2.45, 2.75) is 90.3 Å². The molecule has 180 valence electrons. The van der Waals surface area contributed by atoms with Gasteiger partial charge in [-0.15, -0.1) is 0 Å². The summed E-state index contributed by atoms with van der Waals surface area (Å²) in [6.07, 6.45) is 12.5. The van der Waals surface area contributed by atoms with Crippen LogP contribution in [0.2, 0.25) is 0 Å². The lowest BCUT2D eigenvalue weighted by molar-refractivity contribution is -0.223. The maximum absolute atomic E-state index is 14.1. The number of thioether (sulfide) groups is 1. The Labute approximate surface area is 197 Å². The maximum Gasteiger partial charge on any atom is 0.165 e. The average molecular weight is 465 g/mol. The van der Waals surface area contributed by atoms with Crippen LogP contribution in [-0.2, 0) is 4.74 Å². The summed E-state index contributed by atoms with van der Waals surface area (Å²) >= 11 is 2.05. The van der Waals surface area contributed by atoms with Crippen LogP contribution in [0.1, 0.15) is 90.2 Å².